The van der Waals surface area contributed by atoms with Gasteiger partial charge in [-0.15, -0.1) is 12.4 Å². The Hall–Kier alpha value is 0.0200. The maximum Gasteiger partial charge on any atom is 0.389 e. The molecular weight excluding hydrogens is 402 g/mol. The Morgan fingerprint density at radius 3 is 2.33 bits per heavy atom. The van der Waals surface area contributed by atoms with Gasteiger partial charge in [0, 0.05) is 22.5 Å². The van der Waals surface area contributed by atoms with Crippen LogP contribution >= 0.6 is 44.3 Å². The van der Waals surface area contributed by atoms with E-state index >= 15 is 0 Å². The molecule has 0 aliphatic rings. The Balaban J connectivity index is 0.00000289. The van der Waals surface area contributed by atoms with E-state index in [0.717, 1.165) is 0 Å². The topological polar surface area (TPSA) is 46.2 Å². The minimum Gasteiger partial charge on any atom is -0.506 e. The van der Waals surface area contributed by atoms with Crippen LogP contribution in [0.5, 0.6) is 5.75 Å². The lowest BCUT2D eigenvalue weighted by Gasteiger charge is -2.16. The zero-order valence-corrected chi connectivity index (χ0v) is 13.0. The molecule has 1 aromatic carbocycles. The van der Waals surface area contributed by atoms with Crippen molar-refractivity contribution in [1.29, 1.82) is 0 Å². The Kier molecular flexibility index (Phi) is 6.99. The Morgan fingerprint density at radius 2 is 1.83 bits per heavy atom. The summed E-state index contributed by atoms with van der Waals surface area (Å²) in [6.45, 7) is 0. The van der Waals surface area contributed by atoms with Gasteiger partial charge in [-0.25, -0.2) is 0 Å². The highest BCUT2D eigenvalue weighted by Gasteiger charge is 2.28. The normalized spacial score (nSPS) is 13.0. The molecule has 0 bridgehead atoms. The average Bonchev–Trinajstić information content (AvgIpc) is 2.19. The Bertz CT molecular complexity index is 415. The molecule has 0 saturated heterocycles. The van der Waals surface area contributed by atoms with Gasteiger partial charge in [-0.05, 0) is 34.5 Å². The average molecular weight is 413 g/mol. The van der Waals surface area contributed by atoms with Crippen LogP contribution in [-0.4, -0.2) is 11.3 Å². The van der Waals surface area contributed by atoms with Crippen molar-refractivity contribution < 1.29 is 18.3 Å². The SMILES string of the molecule is Cl.N[C@@H](CCC(F)(F)F)c1cc(Br)cc(Br)c1O. The number of hydrogen-bond acceptors (Lipinski definition) is 2. The minimum atomic E-state index is -4.24. The molecular formula is C10H11Br2ClF3NO. The van der Waals surface area contributed by atoms with Gasteiger partial charge in [0.2, 0.25) is 0 Å². The number of aromatic hydroxyl groups is 1. The van der Waals surface area contributed by atoms with Crippen LogP contribution in [0, 0.1) is 0 Å². The van der Waals surface area contributed by atoms with Crippen LogP contribution in [0.15, 0.2) is 21.1 Å². The first-order valence-corrected chi connectivity index (χ1v) is 6.29. The van der Waals surface area contributed by atoms with Gasteiger partial charge in [-0.1, -0.05) is 15.9 Å². The Morgan fingerprint density at radius 1 is 1.28 bits per heavy atom. The quantitative estimate of drug-likeness (QED) is 0.756. The van der Waals surface area contributed by atoms with Crippen LogP contribution in [-0.2, 0) is 0 Å². The highest BCUT2D eigenvalue weighted by atomic mass is 79.9. The smallest absolute Gasteiger partial charge is 0.389 e. The predicted octanol–water partition coefficient (Wildman–Crippen LogP) is 4.68. The van der Waals surface area contributed by atoms with E-state index in [2.05, 4.69) is 31.9 Å². The highest BCUT2D eigenvalue weighted by Crippen LogP contribution is 2.36. The van der Waals surface area contributed by atoms with E-state index in [4.69, 9.17) is 5.73 Å². The van der Waals surface area contributed by atoms with Crippen LogP contribution in [0.2, 0.25) is 0 Å². The number of alkyl halides is 3. The lowest BCUT2D eigenvalue weighted by atomic mass is 10.0. The molecule has 18 heavy (non-hydrogen) atoms. The molecule has 0 saturated carbocycles. The summed E-state index contributed by atoms with van der Waals surface area (Å²) in [5, 5.41) is 9.69. The number of halogens is 6. The second kappa shape index (κ2) is 6.98. The van der Waals surface area contributed by atoms with E-state index in [0.29, 0.717) is 8.95 Å². The zero-order chi connectivity index (χ0) is 13.2. The fraction of sp³-hybridized carbons (Fsp3) is 0.400. The number of rotatable bonds is 3. The molecule has 104 valence electrons. The van der Waals surface area contributed by atoms with Gasteiger partial charge in [-0.2, -0.15) is 13.2 Å². The van der Waals surface area contributed by atoms with Gasteiger partial charge in [0.15, 0.2) is 0 Å². The van der Waals surface area contributed by atoms with Gasteiger partial charge in [0.1, 0.15) is 5.75 Å². The molecule has 0 radical (unpaired) electrons. The van der Waals surface area contributed by atoms with Crippen molar-refractivity contribution in [2.75, 3.05) is 0 Å². The first-order chi connectivity index (χ1) is 7.70. The number of benzene rings is 1. The van der Waals surface area contributed by atoms with Crippen molar-refractivity contribution in [1.82, 2.24) is 0 Å². The molecule has 0 aliphatic carbocycles. The lowest BCUT2D eigenvalue weighted by Crippen LogP contribution is -2.16. The monoisotopic (exact) mass is 411 g/mol. The molecule has 1 atom stereocenters. The van der Waals surface area contributed by atoms with Crippen LogP contribution in [0.3, 0.4) is 0 Å². The molecule has 0 aliphatic heterocycles. The van der Waals surface area contributed by atoms with Crippen molar-refractivity contribution in [3.05, 3.63) is 26.6 Å². The van der Waals surface area contributed by atoms with Crippen molar-refractivity contribution in [2.24, 2.45) is 5.73 Å². The van der Waals surface area contributed by atoms with Gasteiger partial charge < -0.3 is 10.8 Å². The van der Waals surface area contributed by atoms with E-state index < -0.39 is 18.6 Å². The molecule has 2 nitrogen and oxygen atoms in total. The Labute approximate surface area is 125 Å². The van der Waals surface area contributed by atoms with Gasteiger partial charge in [0.25, 0.3) is 0 Å². The molecule has 0 fully saturated rings. The minimum absolute atomic E-state index is 0. The van der Waals surface area contributed by atoms with E-state index in [1.807, 2.05) is 0 Å². The second-order valence-electron chi connectivity index (χ2n) is 3.59. The maximum absolute atomic E-state index is 12.1. The first kappa shape index (κ1) is 18.0. The summed E-state index contributed by atoms with van der Waals surface area (Å²) in [5.41, 5.74) is 5.93. The van der Waals surface area contributed by atoms with Crippen molar-refractivity contribution in [3.8, 4) is 5.75 Å². The standard InChI is InChI=1S/C10H10Br2F3NO.ClH/c11-5-3-6(9(17)7(12)4-5)8(16)1-2-10(13,14)15;/h3-4,8,17H,1-2,16H2;1H/t8-;/m0./s1. The summed E-state index contributed by atoms with van der Waals surface area (Å²) in [6.07, 6.45) is -5.48. The number of phenolic OH excluding ortho intramolecular Hbond substituents is 1. The van der Waals surface area contributed by atoms with Crippen LogP contribution in [0.25, 0.3) is 0 Å². The van der Waals surface area contributed by atoms with Gasteiger partial charge in [-0.3, -0.25) is 0 Å². The maximum atomic E-state index is 12.1. The molecule has 8 heteroatoms. The van der Waals surface area contributed by atoms with E-state index in [9.17, 15) is 18.3 Å². The predicted molar refractivity (Wildman–Crippen MR) is 73.0 cm³/mol. The van der Waals surface area contributed by atoms with E-state index in [1.54, 1.807) is 6.07 Å². The number of nitrogens with two attached hydrogens (primary N) is 1. The molecule has 3 N–H and O–H groups in total. The van der Waals surface area contributed by atoms with Crippen molar-refractivity contribution in [2.45, 2.75) is 25.1 Å². The molecule has 0 heterocycles. The molecule has 1 aromatic rings. The molecule has 0 spiro atoms. The van der Waals surface area contributed by atoms with Crippen LogP contribution in [0.4, 0.5) is 13.2 Å². The molecule has 0 aromatic heterocycles. The number of phenols is 1. The van der Waals surface area contributed by atoms with Crippen LogP contribution < -0.4 is 5.73 Å². The second-order valence-corrected chi connectivity index (χ2v) is 5.36. The third-order valence-corrected chi connectivity index (χ3v) is 3.26. The summed E-state index contributed by atoms with van der Waals surface area (Å²) in [6, 6.07) is 2.25. The lowest BCUT2D eigenvalue weighted by molar-refractivity contribution is -0.136. The summed E-state index contributed by atoms with van der Waals surface area (Å²) >= 11 is 6.29. The summed E-state index contributed by atoms with van der Waals surface area (Å²) in [4.78, 5) is 0. The van der Waals surface area contributed by atoms with Gasteiger partial charge >= 0.3 is 6.18 Å². The van der Waals surface area contributed by atoms with E-state index in [1.165, 1.54) is 6.07 Å². The largest absolute Gasteiger partial charge is 0.506 e. The molecule has 0 amide bonds. The fourth-order valence-electron chi connectivity index (χ4n) is 1.34. The van der Waals surface area contributed by atoms with Crippen molar-refractivity contribution >= 4 is 44.3 Å². The highest BCUT2D eigenvalue weighted by molar-refractivity contribution is 9.11. The summed E-state index contributed by atoms with van der Waals surface area (Å²) < 4.78 is 37.2. The fourth-order valence-corrected chi connectivity index (χ4v) is 2.60. The van der Waals surface area contributed by atoms with Crippen molar-refractivity contribution in [3.63, 3.8) is 0 Å². The van der Waals surface area contributed by atoms with Crippen LogP contribution in [0.1, 0.15) is 24.4 Å². The number of hydrogen-bond donors (Lipinski definition) is 2. The third-order valence-electron chi connectivity index (χ3n) is 2.20. The molecule has 1 rings (SSSR count). The summed E-state index contributed by atoms with van der Waals surface area (Å²) in [5.74, 6) is -0.122. The van der Waals surface area contributed by atoms with Gasteiger partial charge in [0.05, 0.1) is 4.47 Å². The first-order valence-electron chi connectivity index (χ1n) is 4.71. The molecule has 0 unspecified atom stereocenters. The summed E-state index contributed by atoms with van der Waals surface area (Å²) in [7, 11) is 0. The van der Waals surface area contributed by atoms with E-state index in [-0.39, 0.29) is 30.1 Å². The zero-order valence-electron chi connectivity index (χ0n) is 8.97. The third kappa shape index (κ3) is 5.34.